The minimum absolute atomic E-state index is 0.0416. The Balaban J connectivity index is 1.85. The highest BCUT2D eigenvalue weighted by atomic mass is 35.5. The highest BCUT2D eigenvalue weighted by molar-refractivity contribution is 6.31. The number of hydrogen-bond donors (Lipinski definition) is 4. The Morgan fingerprint density at radius 3 is 2.81 bits per heavy atom. The van der Waals surface area contributed by atoms with E-state index in [1.807, 2.05) is 40.0 Å². The standard InChI is InChI=1S/C19H25ClN6O/c1-5-6-21-18(27)19(3,4)26-15-11(2)8-22-17(25-15)14-10-24-16-13(14)7-12(20)9-23-16/h7-10,16,23-24H,5-6H2,1-4H3,(H,21,27)(H,22,25,26). The van der Waals surface area contributed by atoms with Crippen LogP contribution in [0.3, 0.4) is 0 Å². The number of carbonyl (C=O) groups is 1. The fraction of sp³-hybridized carbons (Fsp3) is 0.421. The minimum Gasteiger partial charge on any atom is -0.367 e. The molecular weight excluding hydrogens is 364 g/mol. The van der Waals surface area contributed by atoms with Crippen LogP contribution in [0.15, 0.2) is 35.3 Å². The second-order valence-corrected chi connectivity index (χ2v) is 7.62. The predicted molar refractivity (Wildman–Crippen MR) is 108 cm³/mol. The number of aryl methyl sites for hydroxylation is 1. The number of amides is 1. The summed E-state index contributed by atoms with van der Waals surface area (Å²) in [6.07, 6.45) is 8.13. The number of hydrogen-bond acceptors (Lipinski definition) is 6. The summed E-state index contributed by atoms with van der Waals surface area (Å²) < 4.78 is 0. The smallest absolute Gasteiger partial charge is 0.245 e. The average Bonchev–Trinajstić information content (AvgIpc) is 3.04. The summed E-state index contributed by atoms with van der Waals surface area (Å²) in [5.41, 5.74) is 1.92. The highest BCUT2D eigenvalue weighted by Crippen LogP contribution is 2.31. The number of anilines is 1. The number of halogens is 1. The fourth-order valence-electron chi connectivity index (χ4n) is 2.85. The minimum atomic E-state index is -0.798. The van der Waals surface area contributed by atoms with E-state index < -0.39 is 5.54 Å². The van der Waals surface area contributed by atoms with Crippen molar-refractivity contribution in [1.29, 1.82) is 0 Å². The van der Waals surface area contributed by atoms with Gasteiger partial charge in [0.1, 0.15) is 17.5 Å². The quantitative estimate of drug-likeness (QED) is 0.598. The third kappa shape index (κ3) is 4.08. The van der Waals surface area contributed by atoms with Crippen molar-refractivity contribution in [3.63, 3.8) is 0 Å². The molecule has 2 aliphatic heterocycles. The van der Waals surface area contributed by atoms with Gasteiger partial charge in [0.2, 0.25) is 5.91 Å². The molecule has 7 nitrogen and oxygen atoms in total. The van der Waals surface area contributed by atoms with Gasteiger partial charge in [0, 0.05) is 41.9 Å². The Hall–Kier alpha value is -2.54. The molecule has 144 valence electrons. The van der Waals surface area contributed by atoms with Gasteiger partial charge in [-0.2, -0.15) is 0 Å². The molecule has 1 unspecified atom stereocenters. The lowest BCUT2D eigenvalue weighted by molar-refractivity contribution is -0.124. The Kier molecular flexibility index (Phi) is 5.41. The largest absolute Gasteiger partial charge is 0.367 e. The Morgan fingerprint density at radius 1 is 1.33 bits per heavy atom. The number of aromatic nitrogens is 2. The zero-order valence-electron chi connectivity index (χ0n) is 16.0. The van der Waals surface area contributed by atoms with Gasteiger partial charge in [-0.15, -0.1) is 0 Å². The summed E-state index contributed by atoms with van der Waals surface area (Å²) in [4.78, 5) is 21.6. The van der Waals surface area contributed by atoms with Crippen molar-refractivity contribution >= 4 is 28.9 Å². The van der Waals surface area contributed by atoms with Crippen molar-refractivity contribution in [2.45, 2.75) is 45.8 Å². The first-order valence-corrected chi connectivity index (χ1v) is 9.40. The van der Waals surface area contributed by atoms with Crippen molar-refractivity contribution in [2.75, 3.05) is 11.9 Å². The van der Waals surface area contributed by atoms with E-state index in [4.69, 9.17) is 11.6 Å². The monoisotopic (exact) mass is 388 g/mol. The first-order valence-electron chi connectivity index (χ1n) is 9.02. The number of allylic oxidation sites excluding steroid dienone is 2. The molecule has 1 atom stereocenters. The number of dihydropyridines is 1. The molecule has 0 fully saturated rings. The van der Waals surface area contributed by atoms with Gasteiger partial charge in [0.05, 0.1) is 5.03 Å². The summed E-state index contributed by atoms with van der Waals surface area (Å²) in [6.45, 7) is 8.26. The molecule has 0 saturated heterocycles. The van der Waals surface area contributed by atoms with Gasteiger partial charge in [-0.25, -0.2) is 9.97 Å². The highest BCUT2D eigenvalue weighted by Gasteiger charge is 2.30. The molecule has 0 aliphatic carbocycles. The normalized spacial score (nSPS) is 18.4. The molecule has 4 N–H and O–H groups in total. The third-order valence-corrected chi connectivity index (χ3v) is 4.66. The molecule has 27 heavy (non-hydrogen) atoms. The molecule has 0 radical (unpaired) electrons. The second kappa shape index (κ2) is 7.60. The van der Waals surface area contributed by atoms with Gasteiger partial charge >= 0.3 is 0 Å². The Morgan fingerprint density at radius 2 is 2.07 bits per heavy atom. The molecule has 3 rings (SSSR count). The Bertz CT molecular complexity index is 843. The third-order valence-electron chi connectivity index (χ3n) is 4.44. The average molecular weight is 389 g/mol. The van der Waals surface area contributed by atoms with Crippen LogP contribution < -0.4 is 21.3 Å². The lowest BCUT2D eigenvalue weighted by Gasteiger charge is -2.26. The first kappa shape index (κ1) is 19.2. The first-order chi connectivity index (χ1) is 12.8. The van der Waals surface area contributed by atoms with Crippen LogP contribution >= 0.6 is 11.6 Å². The van der Waals surface area contributed by atoms with Gasteiger partial charge in [-0.3, -0.25) is 4.79 Å². The van der Waals surface area contributed by atoms with Crippen LogP contribution in [-0.4, -0.2) is 34.1 Å². The van der Waals surface area contributed by atoms with Crippen LogP contribution in [0.4, 0.5) is 5.82 Å². The van der Waals surface area contributed by atoms with E-state index in [0.717, 1.165) is 23.1 Å². The summed E-state index contributed by atoms with van der Waals surface area (Å²) in [5.74, 6) is 1.14. The van der Waals surface area contributed by atoms with E-state index in [-0.39, 0.29) is 12.1 Å². The van der Waals surface area contributed by atoms with Gasteiger partial charge in [0.15, 0.2) is 5.82 Å². The van der Waals surface area contributed by atoms with Gasteiger partial charge < -0.3 is 21.3 Å². The van der Waals surface area contributed by atoms with Crippen LogP contribution in [0.1, 0.15) is 38.6 Å². The maximum Gasteiger partial charge on any atom is 0.245 e. The van der Waals surface area contributed by atoms with Crippen molar-refractivity contribution < 1.29 is 4.79 Å². The van der Waals surface area contributed by atoms with Crippen molar-refractivity contribution in [3.8, 4) is 0 Å². The Labute approximate surface area is 164 Å². The van der Waals surface area contributed by atoms with Crippen LogP contribution in [-0.2, 0) is 4.79 Å². The van der Waals surface area contributed by atoms with E-state index in [9.17, 15) is 4.79 Å². The zero-order chi connectivity index (χ0) is 19.6. The molecule has 0 aromatic carbocycles. The molecule has 1 aromatic rings. The second-order valence-electron chi connectivity index (χ2n) is 7.18. The summed E-state index contributed by atoms with van der Waals surface area (Å²) in [5, 5.41) is 13.2. The lowest BCUT2D eigenvalue weighted by atomic mass is 10.0. The number of carbonyl (C=O) groups excluding carboxylic acids is 1. The van der Waals surface area contributed by atoms with Crippen LogP contribution in [0.5, 0.6) is 0 Å². The summed E-state index contributed by atoms with van der Waals surface area (Å²) >= 11 is 6.13. The molecule has 8 heteroatoms. The van der Waals surface area contributed by atoms with Gasteiger partial charge in [-0.05, 0) is 33.3 Å². The van der Waals surface area contributed by atoms with Crippen LogP contribution in [0, 0.1) is 6.92 Å². The molecule has 3 heterocycles. The molecule has 0 bridgehead atoms. The molecule has 2 aliphatic rings. The van der Waals surface area contributed by atoms with Crippen molar-refractivity contribution in [3.05, 3.63) is 46.7 Å². The maximum absolute atomic E-state index is 12.4. The summed E-state index contributed by atoms with van der Waals surface area (Å²) in [7, 11) is 0. The fourth-order valence-corrected chi connectivity index (χ4v) is 3.03. The molecule has 0 spiro atoms. The van der Waals surface area contributed by atoms with E-state index in [0.29, 0.717) is 23.2 Å². The number of nitrogens with one attached hydrogen (secondary N) is 4. The maximum atomic E-state index is 12.4. The van der Waals surface area contributed by atoms with Crippen molar-refractivity contribution in [2.24, 2.45) is 0 Å². The van der Waals surface area contributed by atoms with E-state index in [1.165, 1.54) is 0 Å². The predicted octanol–water partition coefficient (Wildman–Crippen LogP) is 2.38. The van der Waals surface area contributed by atoms with Gasteiger partial charge in [0.25, 0.3) is 0 Å². The molecule has 1 aromatic heterocycles. The zero-order valence-corrected chi connectivity index (χ0v) is 16.7. The van der Waals surface area contributed by atoms with Crippen LogP contribution in [0.25, 0.3) is 5.57 Å². The number of fused-ring (bicyclic) bond motifs is 1. The number of rotatable bonds is 6. The summed E-state index contributed by atoms with van der Waals surface area (Å²) in [6, 6.07) is 0. The van der Waals surface area contributed by atoms with Crippen LogP contribution in [0.2, 0.25) is 0 Å². The van der Waals surface area contributed by atoms with Gasteiger partial charge in [-0.1, -0.05) is 18.5 Å². The number of nitrogens with zero attached hydrogens (tertiary/aromatic N) is 2. The molecular formula is C19H25ClN6O. The molecule has 0 saturated carbocycles. The van der Waals surface area contributed by atoms with E-state index in [1.54, 1.807) is 12.4 Å². The van der Waals surface area contributed by atoms with E-state index >= 15 is 0 Å². The SMILES string of the molecule is CCCNC(=O)C(C)(C)Nc1nc(C2=CNC3NC=C(Cl)C=C23)ncc1C. The topological polar surface area (TPSA) is 91.0 Å². The van der Waals surface area contributed by atoms with Crippen molar-refractivity contribution in [1.82, 2.24) is 25.9 Å². The van der Waals surface area contributed by atoms with E-state index in [2.05, 4.69) is 31.2 Å². The molecule has 1 amide bonds. The lowest BCUT2D eigenvalue weighted by Crippen LogP contribution is -2.48.